The smallest absolute Gasteiger partial charge is 0.119 e. The second-order valence-corrected chi connectivity index (χ2v) is 6.02. The first-order valence-electron chi connectivity index (χ1n) is 6.77. The predicted octanol–water partition coefficient (Wildman–Crippen LogP) is 2.65. The number of fused-ring (bicyclic) bond motifs is 1. The Kier molecular flexibility index (Phi) is 3.60. The second kappa shape index (κ2) is 5.55. The molecule has 0 amide bonds. The van der Waals surface area contributed by atoms with Crippen LogP contribution in [-0.4, -0.2) is 17.2 Å². The Hall–Kier alpha value is -2.37. The third kappa shape index (κ3) is 2.16. The van der Waals surface area contributed by atoms with Crippen LogP contribution in [0, 0.1) is 22.7 Å². The van der Waals surface area contributed by atoms with E-state index in [2.05, 4.69) is 12.1 Å². The van der Waals surface area contributed by atoms with Gasteiger partial charge in [-0.1, -0.05) is 30.3 Å². The Labute approximate surface area is 128 Å². The molecule has 0 spiro atoms. The lowest BCUT2D eigenvalue weighted by Gasteiger charge is -2.38. The molecule has 1 atom stereocenters. The molecule has 104 valence electrons. The Morgan fingerprint density at radius 1 is 1.14 bits per heavy atom. The summed E-state index contributed by atoms with van der Waals surface area (Å²) in [5, 5.41) is 20.1. The van der Waals surface area contributed by atoms with Gasteiger partial charge in [0, 0.05) is 12.3 Å². The number of thioether (sulfide) groups is 1. The molecule has 3 rings (SSSR count). The van der Waals surface area contributed by atoms with Crippen molar-refractivity contribution in [3.05, 3.63) is 57.9 Å². The molecular formula is C16H14N4S. The highest BCUT2D eigenvalue weighted by molar-refractivity contribution is 8.03. The lowest BCUT2D eigenvalue weighted by Crippen LogP contribution is -2.37. The number of nitriles is 2. The predicted molar refractivity (Wildman–Crippen MR) is 82.4 cm³/mol. The van der Waals surface area contributed by atoms with Gasteiger partial charge in [-0.2, -0.15) is 10.5 Å². The van der Waals surface area contributed by atoms with Gasteiger partial charge in [-0.3, -0.25) is 0 Å². The third-order valence-electron chi connectivity index (χ3n) is 3.76. The van der Waals surface area contributed by atoms with Crippen LogP contribution in [0.5, 0.6) is 0 Å². The topological polar surface area (TPSA) is 76.8 Å². The van der Waals surface area contributed by atoms with Gasteiger partial charge in [0.25, 0.3) is 0 Å². The summed E-state index contributed by atoms with van der Waals surface area (Å²) in [6.07, 6.45) is 1.00. The van der Waals surface area contributed by atoms with E-state index in [1.165, 1.54) is 0 Å². The van der Waals surface area contributed by atoms with Crippen molar-refractivity contribution >= 4 is 11.8 Å². The Balaban J connectivity index is 2.20. The summed E-state index contributed by atoms with van der Waals surface area (Å²) < 4.78 is 0. The Morgan fingerprint density at radius 2 is 1.86 bits per heavy atom. The molecule has 2 N–H and O–H groups in total. The zero-order chi connectivity index (χ0) is 14.8. The van der Waals surface area contributed by atoms with Crippen LogP contribution in [0.25, 0.3) is 0 Å². The highest BCUT2D eigenvalue weighted by Crippen LogP contribution is 2.45. The molecule has 1 saturated heterocycles. The third-order valence-corrected chi connectivity index (χ3v) is 4.96. The van der Waals surface area contributed by atoms with Gasteiger partial charge in [-0.25, -0.2) is 0 Å². The first-order chi connectivity index (χ1) is 10.3. The van der Waals surface area contributed by atoms with Crippen LogP contribution in [-0.2, 0) is 0 Å². The van der Waals surface area contributed by atoms with Crippen molar-refractivity contribution in [1.82, 2.24) is 4.90 Å². The fourth-order valence-corrected chi connectivity index (χ4v) is 3.93. The molecule has 0 saturated carbocycles. The molecule has 4 nitrogen and oxygen atoms in total. The van der Waals surface area contributed by atoms with Crippen LogP contribution in [0.2, 0.25) is 0 Å². The molecule has 1 aromatic carbocycles. The average Bonchev–Trinajstić information content (AvgIpc) is 2.55. The first-order valence-corrected chi connectivity index (χ1v) is 7.75. The molecule has 21 heavy (non-hydrogen) atoms. The van der Waals surface area contributed by atoms with Crippen molar-refractivity contribution in [3.63, 3.8) is 0 Å². The monoisotopic (exact) mass is 294 g/mol. The first kappa shape index (κ1) is 13.6. The lowest BCUT2D eigenvalue weighted by molar-refractivity contribution is 0.419. The van der Waals surface area contributed by atoms with Gasteiger partial charge < -0.3 is 10.6 Å². The van der Waals surface area contributed by atoms with Crippen molar-refractivity contribution in [2.75, 3.05) is 12.3 Å². The van der Waals surface area contributed by atoms with Crippen LogP contribution in [0.15, 0.2) is 52.3 Å². The van der Waals surface area contributed by atoms with Gasteiger partial charge in [0.15, 0.2) is 0 Å². The summed E-state index contributed by atoms with van der Waals surface area (Å²) in [4.78, 5) is 1.92. The van der Waals surface area contributed by atoms with Crippen molar-refractivity contribution < 1.29 is 0 Å². The summed E-state index contributed by atoms with van der Waals surface area (Å²) >= 11 is 1.65. The normalized spacial score (nSPS) is 21.6. The number of hydrogen-bond donors (Lipinski definition) is 1. The van der Waals surface area contributed by atoms with E-state index in [9.17, 15) is 10.5 Å². The molecule has 1 fully saturated rings. The van der Waals surface area contributed by atoms with Crippen LogP contribution >= 0.6 is 11.8 Å². The highest BCUT2D eigenvalue weighted by atomic mass is 32.2. The summed E-state index contributed by atoms with van der Waals surface area (Å²) in [6.45, 7) is 0.770. The lowest BCUT2D eigenvalue weighted by atomic mass is 9.83. The fraction of sp³-hybridized carbons (Fsp3) is 0.250. The molecule has 0 unspecified atom stereocenters. The minimum atomic E-state index is -0.349. The van der Waals surface area contributed by atoms with Crippen molar-refractivity contribution in [2.24, 2.45) is 5.73 Å². The molecule has 1 aromatic rings. The number of hydrogen-bond acceptors (Lipinski definition) is 5. The number of rotatable bonds is 1. The van der Waals surface area contributed by atoms with Gasteiger partial charge in [-0.15, -0.1) is 11.8 Å². The zero-order valence-corrected chi connectivity index (χ0v) is 12.2. The summed E-state index contributed by atoms with van der Waals surface area (Å²) in [5.74, 6) is 1.12. The van der Waals surface area contributed by atoms with E-state index < -0.39 is 0 Å². The van der Waals surface area contributed by atoms with Crippen molar-refractivity contribution in [2.45, 2.75) is 12.3 Å². The molecular weight excluding hydrogens is 280 g/mol. The second-order valence-electron chi connectivity index (χ2n) is 4.94. The maximum absolute atomic E-state index is 9.64. The van der Waals surface area contributed by atoms with E-state index in [1.807, 2.05) is 35.2 Å². The molecule has 2 heterocycles. The highest BCUT2D eigenvalue weighted by Gasteiger charge is 2.36. The van der Waals surface area contributed by atoms with Crippen LogP contribution < -0.4 is 5.73 Å². The SMILES string of the molecule is N#CC1=C(N)N2CCCSC2=C(C#N)[C@@H]1c1ccccc1. The van der Waals surface area contributed by atoms with Gasteiger partial charge >= 0.3 is 0 Å². The van der Waals surface area contributed by atoms with Gasteiger partial charge in [0.05, 0.1) is 34.2 Å². The molecule has 0 aliphatic carbocycles. The van der Waals surface area contributed by atoms with Gasteiger partial charge in [0.2, 0.25) is 0 Å². The number of allylic oxidation sites excluding steroid dienone is 2. The standard InChI is InChI=1S/C16H14N4S/c17-9-12-14(11-5-2-1-3-6-11)13(10-18)16-20(15(12)19)7-4-8-21-16/h1-3,5-6,14H,4,7-8,19H2/t14-/m1/s1. The Morgan fingerprint density at radius 3 is 2.52 bits per heavy atom. The molecule has 5 heteroatoms. The molecule has 2 aliphatic rings. The summed E-state index contributed by atoms with van der Waals surface area (Å²) in [7, 11) is 0. The van der Waals surface area contributed by atoms with Crippen molar-refractivity contribution in [3.8, 4) is 12.1 Å². The largest absolute Gasteiger partial charge is 0.384 e. The van der Waals surface area contributed by atoms with Crippen molar-refractivity contribution in [1.29, 1.82) is 10.5 Å². The fourth-order valence-electron chi connectivity index (χ4n) is 2.80. The number of nitrogens with two attached hydrogens (primary N) is 1. The number of nitrogens with zero attached hydrogens (tertiary/aromatic N) is 3. The minimum absolute atomic E-state index is 0.349. The van der Waals surface area contributed by atoms with Gasteiger partial charge in [-0.05, 0) is 12.0 Å². The number of benzene rings is 1. The molecule has 0 aromatic heterocycles. The Bertz CT molecular complexity index is 706. The van der Waals surface area contributed by atoms with E-state index in [-0.39, 0.29) is 5.92 Å². The molecule has 2 aliphatic heterocycles. The molecule has 0 radical (unpaired) electrons. The van der Waals surface area contributed by atoms with Crippen LogP contribution in [0.1, 0.15) is 17.9 Å². The van der Waals surface area contributed by atoms with E-state index in [4.69, 9.17) is 5.73 Å². The molecule has 0 bridgehead atoms. The summed E-state index contributed by atoms with van der Waals surface area (Å²) in [5.41, 5.74) is 8.26. The maximum atomic E-state index is 9.64. The van der Waals surface area contributed by atoms with Crippen LogP contribution in [0.4, 0.5) is 0 Å². The zero-order valence-electron chi connectivity index (χ0n) is 11.4. The maximum Gasteiger partial charge on any atom is 0.119 e. The van der Waals surface area contributed by atoms with Crippen LogP contribution in [0.3, 0.4) is 0 Å². The summed E-state index contributed by atoms with van der Waals surface area (Å²) in [6, 6.07) is 14.2. The minimum Gasteiger partial charge on any atom is -0.384 e. The van der Waals surface area contributed by atoms with E-state index in [0.717, 1.165) is 29.3 Å². The van der Waals surface area contributed by atoms with E-state index in [1.54, 1.807) is 11.8 Å². The quantitative estimate of drug-likeness (QED) is 0.861. The van der Waals surface area contributed by atoms with E-state index in [0.29, 0.717) is 17.0 Å². The average molecular weight is 294 g/mol. The van der Waals surface area contributed by atoms with Gasteiger partial charge in [0.1, 0.15) is 5.82 Å². The van der Waals surface area contributed by atoms with E-state index >= 15 is 0 Å².